The van der Waals surface area contributed by atoms with Crippen molar-refractivity contribution in [3.8, 4) is 17.3 Å². The number of rotatable bonds is 12. The number of esters is 1. The van der Waals surface area contributed by atoms with Crippen molar-refractivity contribution in [1.29, 1.82) is 0 Å². The fraction of sp³-hybridized carbons (Fsp3) is 0.206. The predicted molar refractivity (Wildman–Crippen MR) is 181 cm³/mol. The van der Waals surface area contributed by atoms with Crippen molar-refractivity contribution in [1.82, 2.24) is 5.32 Å². The first-order valence-electron chi connectivity index (χ1n) is 14.0. The summed E-state index contributed by atoms with van der Waals surface area (Å²) >= 11 is 13.2. The minimum atomic E-state index is -3.60. The first kappa shape index (κ1) is 35.2. The smallest absolute Gasteiger partial charge is 0.323 e. The normalized spacial score (nSPS) is 13.2. The van der Waals surface area contributed by atoms with Crippen LogP contribution in [0.3, 0.4) is 0 Å². The second-order valence-electron chi connectivity index (χ2n) is 10.2. The van der Waals surface area contributed by atoms with Gasteiger partial charge in [-0.15, -0.1) is 0 Å². The van der Waals surface area contributed by atoms with E-state index in [4.69, 9.17) is 37.2 Å². The van der Waals surface area contributed by atoms with E-state index in [0.29, 0.717) is 27.7 Å². The number of nitrogens with one attached hydrogen (secondary N) is 1. The fourth-order valence-electron chi connectivity index (χ4n) is 4.49. The highest BCUT2D eigenvalue weighted by molar-refractivity contribution is 7.90. The number of hydrogen-bond donors (Lipinski definition) is 1. The Balaban J connectivity index is 1.56. The summed E-state index contributed by atoms with van der Waals surface area (Å²) in [4.78, 5) is 13.4. The molecule has 0 amide bonds. The van der Waals surface area contributed by atoms with Crippen molar-refractivity contribution in [2.75, 3.05) is 20.5 Å². The minimum absolute atomic E-state index is 0.0658. The number of para-hydroxylation sites is 1. The number of carbonyl (C=O) groups excluding carboxylic acids is 1. The molecule has 2 atom stereocenters. The van der Waals surface area contributed by atoms with Gasteiger partial charge in [-0.2, -0.15) is 0 Å². The molecule has 0 radical (unpaired) electrons. The molecular formula is C34H32Cl2NO7PS. The molecule has 12 heteroatoms. The Morgan fingerprint density at radius 2 is 1.57 bits per heavy atom. The highest BCUT2D eigenvalue weighted by Gasteiger charge is 2.26. The molecule has 0 aliphatic rings. The van der Waals surface area contributed by atoms with Crippen molar-refractivity contribution in [2.24, 2.45) is 0 Å². The summed E-state index contributed by atoms with van der Waals surface area (Å²) in [5.41, 5.74) is 5.08. The van der Waals surface area contributed by atoms with Gasteiger partial charge in [0.1, 0.15) is 18.4 Å². The van der Waals surface area contributed by atoms with Gasteiger partial charge in [-0.05, 0) is 59.6 Å². The van der Waals surface area contributed by atoms with Gasteiger partial charge in [0.2, 0.25) is 0 Å². The molecule has 0 bridgehead atoms. The molecule has 0 saturated carbocycles. The molecule has 240 valence electrons. The van der Waals surface area contributed by atoms with Crippen LogP contribution in [0.1, 0.15) is 22.3 Å². The van der Waals surface area contributed by atoms with Crippen LogP contribution in [-0.4, -0.2) is 40.9 Å². The number of carbonyl (C=O) groups is 1. The summed E-state index contributed by atoms with van der Waals surface area (Å²) in [5.74, 6) is 2.71. The minimum Gasteiger partial charge on any atom is -0.496 e. The number of sulfone groups is 1. The molecular weight excluding hydrogens is 668 g/mol. The summed E-state index contributed by atoms with van der Waals surface area (Å²) in [6.45, 7) is 0.149. The average molecular weight is 701 g/mol. The van der Waals surface area contributed by atoms with E-state index in [1.807, 2.05) is 30.3 Å². The van der Waals surface area contributed by atoms with E-state index < -0.39 is 29.2 Å². The van der Waals surface area contributed by atoms with Crippen LogP contribution >= 0.6 is 30.6 Å². The van der Waals surface area contributed by atoms with Gasteiger partial charge in [-0.3, -0.25) is 14.7 Å². The monoisotopic (exact) mass is 699 g/mol. The van der Waals surface area contributed by atoms with E-state index in [9.17, 15) is 17.8 Å². The Morgan fingerprint density at radius 3 is 2.22 bits per heavy atom. The fourth-order valence-corrected chi connectivity index (χ4v) is 7.23. The standard InChI is InChI=1S/C34H32Cl2NO7PS/c1-42-32-14-7-8-15-33(32)45(39,43-2)17-16-26-19-29(35)28(30(36)20-26)22-37-31(34(38)44-23-24-10-5-4-6-11-24)21-25-12-9-13-27(18-25)46(3,40)41/h4-15,18-20,31,37H,21-23H2,1-3H3/t31-,45?/m0/s1. The maximum atomic E-state index is 13.6. The van der Waals surface area contributed by atoms with Crippen molar-refractivity contribution in [3.63, 3.8) is 0 Å². The van der Waals surface area contributed by atoms with Crippen molar-refractivity contribution in [3.05, 3.63) is 123 Å². The van der Waals surface area contributed by atoms with Crippen LogP contribution in [0.2, 0.25) is 10.0 Å². The summed E-state index contributed by atoms with van der Waals surface area (Å²) in [6.07, 6.45) is 1.27. The van der Waals surface area contributed by atoms with Crippen LogP contribution in [0.25, 0.3) is 0 Å². The molecule has 4 rings (SSSR count). The molecule has 0 fully saturated rings. The third kappa shape index (κ3) is 9.23. The molecule has 0 saturated heterocycles. The van der Waals surface area contributed by atoms with Crippen LogP contribution in [0.4, 0.5) is 0 Å². The van der Waals surface area contributed by atoms with E-state index in [-0.39, 0.29) is 34.5 Å². The lowest BCUT2D eigenvalue weighted by atomic mass is 10.1. The molecule has 0 heterocycles. The van der Waals surface area contributed by atoms with Gasteiger partial charge < -0.3 is 14.0 Å². The molecule has 1 N–H and O–H groups in total. The van der Waals surface area contributed by atoms with Crippen LogP contribution in [0.15, 0.2) is 95.9 Å². The molecule has 1 unspecified atom stereocenters. The highest BCUT2D eigenvalue weighted by atomic mass is 35.5. The largest absolute Gasteiger partial charge is 0.496 e. The number of halogens is 2. The topological polar surface area (TPSA) is 108 Å². The van der Waals surface area contributed by atoms with Gasteiger partial charge in [-0.1, -0.05) is 83.7 Å². The van der Waals surface area contributed by atoms with Gasteiger partial charge in [0, 0.05) is 41.1 Å². The van der Waals surface area contributed by atoms with Crippen molar-refractivity contribution >= 4 is 51.7 Å². The Hall–Kier alpha value is -3.61. The van der Waals surface area contributed by atoms with E-state index >= 15 is 0 Å². The van der Waals surface area contributed by atoms with Gasteiger partial charge in [0.05, 0.1) is 17.3 Å². The average Bonchev–Trinajstić information content (AvgIpc) is 3.05. The number of benzene rings is 4. The third-order valence-electron chi connectivity index (χ3n) is 6.95. The molecule has 4 aromatic carbocycles. The lowest BCUT2D eigenvalue weighted by Gasteiger charge is -2.19. The Bertz CT molecular complexity index is 1900. The molecule has 0 spiro atoms. The predicted octanol–water partition coefficient (Wildman–Crippen LogP) is 6.41. The lowest BCUT2D eigenvalue weighted by molar-refractivity contribution is -0.147. The van der Waals surface area contributed by atoms with Crippen LogP contribution < -0.4 is 15.4 Å². The molecule has 0 aromatic heterocycles. The van der Waals surface area contributed by atoms with E-state index in [0.717, 1.165) is 11.8 Å². The van der Waals surface area contributed by atoms with Gasteiger partial charge >= 0.3 is 13.3 Å². The van der Waals surface area contributed by atoms with Crippen molar-refractivity contribution in [2.45, 2.75) is 30.5 Å². The lowest BCUT2D eigenvalue weighted by Crippen LogP contribution is -2.39. The molecule has 46 heavy (non-hydrogen) atoms. The Labute approximate surface area is 279 Å². The summed E-state index contributed by atoms with van der Waals surface area (Å²) in [6, 6.07) is 24.7. The number of ether oxygens (including phenoxy) is 2. The quantitative estimate of drug-likeness (QED) is 0.103. The van der Waals surface area contributed by atoms with Crippen LogP contribution in [0.5, 0.6) is 5.75 Å². The molecule has 8 nitrogen and oxygen atoms in total. The zero-order valence-corrected chi connectivity index (χ0v) is 28.6. The van der Waals surface area contributed by atoms with Crippen molar-refractivity contribution < 1.29 is 31.8 Å². The first-order valence-corrected chi connectivity index (χ1v) is 18.2. The molecule has 0 aliphatic heterocycles. The van der Waals surface area contributed by atoms with E-state index in [1.54, 1.807) is 48.5 Å². The zero-order chi connectivity index (χ0) is 33.3. The highest BCUT2D eigenvalue weighted by Crippen LogP contribution is 2.46. The van der Waals surface area contributed by atoms with Gasteiger partial charge in [0.15, 0.2) is 9.84 Å². The number of methoxy groups -OCH3 is 1. The van der Waals surface area contributed by atoms with Gasteiger partial charge in [0.25, 0.3) is 0 Å². The SMILES string of the molecule is COc1ccccc1P(=O)(C#Cc1cc(Cl)c(CN[C@@H](Cc2cccc(S(C)(=O)=O)c2)C(=O)OCc2ccccc2)c(Cl)c1)OC. The van der Waals surface area contributed by atoms with E-state index in [2.05, 4.69) is 16.9 Å². The second-order valence-corrected chi connectivity index (χ2v) is 15.2. The van der Waals surface area contributed by atoms with E-state index in [1.165, 1.54) is 26.4 Å². The summed E-state index contributed by atoms with van der Waals surface area (Å²) < 4.78 is 54.1. The summed E-state index contributed by atoms with van der Waals surface area (Å²) in [5, 5.41) is 4.04. The van der Waals surface area contributed by atoms with Gasteiger partial charge in [-0.25, -0.2) is 8.42 Å². The molecule has 0 aliphatic carbocycles. The second kappa shape index (κ2) is 15.8. The zero-order valence-electron chi connectivity index (χ0n) is 25.3. The summed E-state index contributed by atoms with van der Waals surface area (Å²) in [7, 11) is -4.26. The molecule has 4 aromatic rings. The van der Waals surface area contributed by atoms with Crippen LogP contribution in [-0.2, 0) is 48.0 Å². The van der Waals surface area contributed by atoms with Crippen LogP contribution in [0, 0.1) is 11.6 Å². The third-order valence-corrected chi connectivity index (χ3v) is 10.7. The Morgan fingerprint density at radius 1 is 0.913 bits per heavy atom. The first-order chi connectivity index (χ1) is 21.9. The number of hydrogen-bond acceptors (Lipinski definition) is 8. The Kier molecular flexibility index (Phi) is 12.1. The maximum Gasteiger partial charge on any atom is 0.323 e. The maximum absolute atomic E-state index is 13.6.